The summed E-state index contributed by atoms with van der Waals surface area (Å²) in [4.78, 5) is 25.1. The van der Waals surface area contributed by atoms with Gasteiger partial charge in [0.05, 0.1) is 6.61 Å². The molecular formula is C18H21F10NO4S. The van der Waals surface area contributed by atoms with Crippen molar-refractivity contribution in [2.75, 3.05) is 19.7 Å². The van der Waals surface area contributed by atoms with E-state index in [0.717, 1.165) is 0 Å². The van der Waals surface area contributed by atoms with Crippen LogP contribution in [0.2, 0.25) is 0 Å². The molecule has 0 aromatic heterocycles. The molecule has 34 heavy (non-hydrogen) atoms. The molecule has 198 valence electrons. The van der Waals surface area contributed by atoms with Crippen molar-refractivity contribution in [3.63, 3.8) is 0 Å². The molecule has 0 saturated carbocycles. The van der Waals surface area contributed by atoms with Gasteiger partial charge in [-0.15, -0.1) is 0 Å². The number of esters is 1. The van der Waals surface area contributed by atoms with Gasteiger partial charge in [-0.3, -0.25) is 4.79 Å². The van der Waals surface area contributed by atoms with Crippen molar-refractivity contribution in [1.82, 2.24) is 4.90 Å². The Hall–Kier alpha value is -1.71. The lowest BCUT2D eigenvalue weighted by Gasteiger charge is -2.38. The molecule has 1 aliphatic heterocycles. The molecule has 1 rings (SSSR count). The highest BCUT2D eigenvalue weighted by Gasteiger charge is 2.68. The van der Waals surface area contributed by atoms with Crippen LogP contribution in [0.4, 0.5) is 43.9 Å². The fourth-order valence-corrected chi connectivity index (χ4v) is 2.94. The summed E-state index contributed by atoms with van der Waals surface area (Å²) >= 11 is 2.44. The van der Waals surface area contributed by atoms with Crippen molar-refractivity contribution in [3.05, 3.63) is 12.2 Å². The highest BCUT2D eigenvalue weighted by atomic mass is 32.1. The van der Waals surface area contributed by atoms with Crippen molar-refractivity contribution >= 4 is 24.5 Å². The fraction of sp³-hybridized carbons (Fsp3) is 0.778. The number of unbranched alkanes of at least 4 members (excludes halogenated alkanes) is 1. The van der Waals surface area contributed by atoms with E-state index in [4.69, 9.17) is 0 Å². The van der Waals surface area contributed by atoms with Crippen LogP contribution in [-0.2, 0) is 19.1 Å². The number of carbonyl (C=O) groups excluding carboxylic acids is 2. The Morgan fingerprint density at radius 3 is 1.85 bits per heavy atom. The third-order valence-electron chi connectivity index (χ3n) is 4.75. The number of likely N-dealkylation sites (tertiary alicyclic amines) is 1. The third kappa shape index (κ3) is 7.39. The number of rotatable bonds is 10. The number of amides is 1. The number of alkyl halides is 10. The van der Waals surface area contributed by atoms with Crippen LogP contribution in [0.15, 0.2) is 12.2 Å². The van der Waals surface area contributed by atoms with Gasteiger partial charge in [0.15, 0.2) is 0 Å². The van der Waals surface area contributed by atoms with Gasteiger partial charge in [0, 0.05) is 19.5 Å². The number of thiol groups is 1. The summed E-state index contributed by atoms with van der Waals surface area (Å²) in [5.74, 6) is -13.8. The molecule has 1 saturated heterocycles. The van der Waals surface area contributed by atoms with Crippen molar-refractivity contribution in [3.8, 4) is 0 Å². The zero-order valence-corrected chi connectivity index (χ0v) is 18.3. The van der Waals surface area contributed by atoms with Gasteiger partial charge < -0.3 is 14.4 Å². The number of piperidine rings is 1. The van der Waals surface area contributed by atoms with Gasteiger partial charge >= 0.3 is 41.2 Å². The quantitative estimate of drug-likeness (QED) is 0.103. The summed E-state index contributed by atoms with van der Waals surface area (Å²) < 4.78 is 140. The molecular weight excluding hydrogens is 516 g/mol. The topological polar surface area (TPSA) is 55.8 Å². The van der Waals surface area contributed by atoms with E-state index in [-0.39, 0.29) is 25.9 Å². The molecule has 0 bridgehead atoms. The van der Waals surface area contributed by atoms with Crippen molar-refractivity contribution < 1.29 is 63.0 Å². The maximum atomic E-state index is 14.0. The molecule has 1 aliphatic rings. The zero-order valence-electron chi connectivity index (χ0n) is 17.4. The van der Waals surface area contributed by atoms with Crippen LogP contribution in [0.25, 0.3) is 0 Å². The van der Waals surface area contributed by atoms with Gasteiger partial charge in [-0.2, -0.15) is 43.9 Å². The van der Waals surface area contributed by atoms with Crippen LogP contribution >= 0.6 is 12.6 Å². The first-order valence-corrected chi connectivity index (χ1v) is 10.2. The molecule has 5 nitrogen and oxygen atoms in total. The van der Waals surface area contributed by atoms with E-state index < -0.39 is 72.6 Å². The van der Waals surface area contributed by atoms with E-state index in [0.29, 0.717) is 11.3 Å². The largest absolute Gasteiger partial charge is 0.466 e. The van der Waals surface area contributed by atoms with Crippen LogP contribution in [0.1, 0.15) is 38.5 Å². The predicted molar refractivity (Wildman–Crippen MR) is 99.2 cm³/mol. The summed E-state index contributed by atoms with van der Waals surface area (Å²) in [7, 11) is 0. The molecule has 1 atom stereocenters. The molecule has 0 spiro atoms. The predicted octanol–water partition coefficient (Wildman–Crippen LogP) is 5.26. The number of nitrogens with zero attached hydrogens (tertiary/aromatic N) is 1. The van der Waals surface area contributed by atoms with Crippen LogP contribution in [0.5, 0.6) is 0 Å². The van der Waals surface area contributed by atoms with Gasteiger partial charge in [0.25, 0.3) is 0 Å². The number of hydrogen-bond donors (Lipinski definition) is 1. The molecule has 0 radical (unpaired) electrons. The van der Waals surface area contributed by atoms with E-state index >= 15 is 0 Å². The second-order valence-electron chi connectivity index (χ2n) is 7.38. The Kier molecular flexibility index (Phi) is 9.73. The molecule has 0 aromatic rings. The zero-order chi connectivity index (χ0) is 26.6. The Morgan fingerprint density at radius 2 is 1.41 bits per heavy atom. The van der Waals surface area contributed by atoms with Gasteiger partial charge in [-0.1, -0.05) is 19.2 Å². The Bertz CT molecular complexity index is 744. The molecule has 1 fully saturated rings. The van der Waals surface area contributed by atoms with Gasteiger partial charge in [0.1, 0.15) is 5.57 Å². The first-order chi connectivity index (χ1) is 15.3. The SMILES string of the molecule is C=C(C(=O)OC(OCCCCC(F)(F)C(F)(F)S)(C(=O)N1CCCCC1)C(F)(F)F)C(F)(F)F. The monoisotopic (exact) mass is 537 g/mol. The lowest BCUT2D eigenvalue weighted by molar-refractivity contribution is -0.351. The average molecular weight is 537 g/mol. The average Bonchev–Trinajstić information content (AvgIpc) is 2.69. The summed E-state index contributed by atoms with van der Waals surface area (Å²) in [6.07, 6.45) is -13.5. The standard InChI is InChI=1S/C18H21F10NO4S/c1-11(16(21,22)23)12(30)33-15(17(24,25)26,13(31)29-8-4-2-5-9-29)32-10-6-3-7-14(19,20)18(27,28)34/h34H,1-10H2. The number of halogens is 10. The fourth-order valence-electron chi connectivity index (χ4n) is 2.82. The van der Waals surface area contributed by atoms with E-state index in [1.54, 1.807) is 0 Å². The van der Waals surface area contributed by atoms with E-state index in [1.165, 1.54) is 0 Å². The van der Waals surface area contributed by atoms with Crippen molar-refractivity contribution in [2.45, 2.75) is 67.8 Å². The van der Waals surface area contributed by atoms with Crippen LogP contribution in [0.3, 0.4) is 0 Å². The minimum Gasteiger partial charge on any atom is -0.412 e. The smallest absolute Gasteiger partial charge is 0.412 e. The first-order valence-electron chi connectivity index (χ1n) is 9.74. The van der Waals surface area contributed by atoms with E-state index in [9.17, 15) is 53.5 Å². The van der Waals surface area contributed by atoms with Crippen LogP contribution < -0.4 is 0 Å². The molecule has 16 heteroatoms. The van der Waals surface area contributed by atoms with Gasteiger partial charge in [-0.05, 0) is 32.1 Å². The minimum atomic E-state index is -5.90. The second-order valence-corrected chi connectivity index (χ2v) is 7.95. The number of carbonyl (C=O) groups is 2. The molecule has 1 unspecified atom stereocenters. The molecule has 0 aliphatic carbocycles. The number of ether oxygens (including phenoxy) is 2. The van der Waals surface area contributed by atoms with Crippen LogP contribution in [-0.4, -0.2) is 65.8 Å². The van der Waals surface area contributed by atoms with E-state index in [1.807, 2.05) is 0 Å². The summed E-state index contributed by atoms with van der Waals surface area (Å²) in [6, 6.07) is 0. The molecule has 0 N–H and O–H groups in total. The first kappa shape index (κ1) is 30.3. The van der Waals surface area contributed by atoms with E-state index in [2.05, 4.69) is 28.7 Å². The summed E-state index contributed by atoms with van der Waals surface area (Å²) in [5, 5.41) is -4.72. The minimum absolute atomic E-state index is 0.246. The molecule has 0 aromatic carbocycles. The Balaban J connectivity index is 3.15. The van der Waals surface area contributed by atoms with Crippen LogP contribution in [0, 0.1) is 0 Å². The highest BCUT2D eigenvalue weighted by molar-refractivity contribution is 7.81. The lowest BCUT2D eigenvalue weighted by Crippen LogP contribution is -2.63. The maximum Gasteiger partial charge on any atom is 0.466 e. The lowest BCUT2D eigenvalue weighted by atomic mass is 10.1. The Morgan fingerprint density at radius 1 is 0.882 bits per heavy atom. The highest BCUT2D eigenvalue weighted by Crippen LogP contribution is 2.42. The summed E-state index contributed by atoms with van der Waals surface area (Å²) in [6.45, 7) is 0.566. The molecule has 1 heterocycles. The van der Waals surface area contributed by atoms with Crippen molar-refractivity contribution in [1.29, 1.82) is 0 Å². The Labute approximate surface area is 192 Å². The summed E-state index contributed by atoms with van der Waals surface area (Å²) in [5.41, 5.74) is -2.35. The van der Waals surface area contributed by atoms with Crippen molar-refractivity contribution in [2.24, 2.45) is 0 Å². The van der Waals surface area contributed by atoms with Gasteiger partial charge in [-0.25, -0.2) is 4.79 Å². The normalized spacial score (nSPS) is 17.8. The second kappa shape index (κ2) is 10.9. The van der Waals surface area contributed by atoms with Gasteiger partial charge in [0.2, 0.25) is 0 Å². The number of hydrogen-bond acceptors (Lipinski definition) is 5. The molecule has 1 amide bonds. The third-order valence-corrected chi connectivity index (χ3v) is 5.08. The maximum absolute atomic E-state index is 14.0.